The van der Waals surface area contributed by atoms with E-state index in [1.807, 2.05) is 30.3 Å². The Morgan fingerprint density at radius 2 is 1.55 bits per heavy atom. The Kier molecular flexibility index (Phi) is 5.17. The van der Waals surface area contributed by atoms with Crippen LogP contribution in [0.5, 0.6) is 5.75 Å². The molecular weight excluding hydrogens is 560 g/mol. The van der Waals surface area contributed by atoms with Crippen LogP contribution in [0.1, 0.15) is 0 Å². The van der Waals surface area contributed by atoms with Crippen molar-refractivity contribution in [2.24, 2.45) is 0 Å². The SMILES string of the molecule is [I][Zr]([I])([I])[O]c1ccccc1. The molecule has 0 amide bonds. The van der Waals surface area contributed by atoms with Gasteiger partial charge in [0.15, 0.2) is 0 Å². The zero-order valence-corrected chi connectivity index (χ0v) is 14.4. The van der Waals surface area contributed by atoms with Gasteiger partial charge in [0.25, 0.3) is 0 Å². The third kappa shape index (κ3) is 5.41. The number of benzene rings is 1. The van der Waals surface area contributed by atoms with Gasteiger partial charge in [-0.25, -0.2) is 0 Å². The van der Waals surface area contributed by atoms with E-state index in [1.54, 1.807) is 0 Å². The topological polar surface area (TPSA) is 9.23 Å². The van der Waals surface area contributed by atoms with Gasteiger partial charge < -0.3 is 0 Å². The first-order chi connectivity index (χ1) is 5.08. The van der Waals surface area contributed by atoms with Gasteiger partial charge in [0, 0.05) is 0 Å². The predicted octanol–water partition coefficient (Wildman–Crippen LogP) is 4.18. The molecule has 0 saturated heterocycles. The molecular formula is C6H5I3OZr. The molecule has 11 heavy (non-hydrogen) atoms. The summed E-state index contributed by atoms with van der Waals surface area (Å²) in [6.45, 7) is 0. The summed E-state index contributed by atoms with van der Waals surface area (Å²) in [4.78, 5) is 0. The zero-order chi connectivity index (χ0) is 8.32. The normalized spacial score (nSPS) is 11.2. The van der Waals surface area contributed by atoms with Crippen molar-refractivity contribution in [1.82, 2.24) is 0 Å². The zero-order valence-electron chi connectivity index (χ0n) is 5.43. The molecule has 0 bridgehead atoms. The van der Waals surface area contributed by atoms with Crippen molar-refractivity contribution in [3.05, 3.63) is 30.3 Å². The number of hydrogen-bond donors (Lipinski definition) is 0. The van der Waals surface area contributed by atoms with Crippen molar-refractivity contribution in [1.29, 1.82) is 0 Å². The summed E-state index contributed by atoms with van der Waals surface area (Å²) in [6.07, 6.45) is 0. The maximum absolute atomic E-state index is 5.77. The van der Waals surface area contributed by atoms with Gasteiger partial charge in [-0.2, -0.15) is 0 Å². The van der Waals surface area contributed by atoms with Crippen molar-refractivity contribution >= 4 is 54.1 Å². The summed E-state index contributed by atoms with van der Waals surface area (Å²) >= 11 is 7.32. The van der Waals surface area contributed by atoms with Crippen LogP contribution in [0.25, 0.3) is 0 Å². The van der Waals surface area contributed by atoms with E-state index in [9.17, 15) is 0 Å². The molecule has 0 radical (unpaired) electrons. The second kappa shape index (κ2) is 5.09. The number of halogens is 3. The fourth-order valence-electron chi connectivity index (χ4n) is 0.622. The summed E-state index contributed by atoms with van der Waals surface area (Å²) in [5.41, 5.74) is 0. The quantitative estimate of drug-likeness (QED) is 0.490. The van der Waals surface area contributed by atoms with E-state index in [-0.39, 0.29) is 0 Å². The number of para-hydroxylation sites is 1. The minimum absolute atomic E-state index is 1.00. The van der Waals surface area contributed by atoms with Gasteiger partial charge in [0.2, 0.25) is 0 Å². The van der Waals surface area contributed by atoms with Crippen molar-refractivity contribution in [2.75, 3.05) is 0 Å². The fraction of sp³-hybridized carbons (Fsp3) is 0. The van der Waals surface area contributed by atoms with Gasteiger partial charge in [-0.1, -0.05) is 0 Å². The second-order valence-corrected chi connectivity index (χ2v) is 68.2. The average Bonchev–Trinajstić information content (AvgIpc) is 1.85. The first-order valence-electron chi connectivity index (χ1n) is 2.89. The molecule has 0 saturated carbocycles. The molecule has 0 aliphatic heterocycles. The molecule has 5 heteroatoms. The Balaban J connectivity index is 2.66. The van der Waals surface area contributed by atoms with Crippen molar-refractivity contribution < 1.29 is 10.9 Å². The van der Waals surface area contributed by atoms with E-state index in [2.05, 4.69) is 54.1 Å². The Morgan fingerprint density at radius 3 is 2.00 bits per heavy atom. The maximum atomic E-state index is 5.77. The first kappa shape index (κ1) is 11.2. The van der Waals surface area contributed by atoms with Crippen molar-refractivity contribution in [3.63, 3.8) is 0 Å². The number of hydrogen-bond acceptors (Lipinski definition) is 1. The van der Waals surface area contributed by atoms with Gasteiger partial charge in [0.05, 0.1) is 0 Å². The van der Waals surface area contributed by atoms with E-state index in [1.165, 1.54) is 0 Å². The van der Waals surface area contributed by atoms with Crippen LogP contribution in [0.15, 0.2) is 30.3 Å². The monoisotopic (exact) mass is 564 g/mol. The Bertz CT molecular complexity index is 221. The van der Waals surface area contributed by atoms with Crippen LogP contribution in [-0.4, -0.2) is 0 Å². The molecule has 0 unspecified atom stereocenters. The number of rotatable bonds is 2. The Morgan fingerprint density at radius 1 is 1.00 bits per heavy atom. The Labute approximate surface area is 98.7 Å². The third-order valence-corrected chi connectivity index (χ3v) is 6.03. The van der Waals surface area contributed by atoms with E-state index >= 15 is 0 Å². The molecule has 1 aromatic carbocycles. The van der Waals surface area contributed by atoms with Crippen LogP contribution in [-0.2, 0) is 8.14 Å². The van der Waals surface area contributed by atoms with E-state index < -0.39 is 8.14 Å². The van der Waals surface area contributed by atoms with Crippen LogP contribution in [0.2, 0.25) is 0 Å². The molecule has 0 aliphatic carbocycles. The standard InChI is InChI=1S/C6H6O.3HI.Zr/c7-6-4-2-1-3-5-6;;;;/h1-5,7H;3*1H;/q;;;;+4/p-4. The van der Waals surface area contributed by atoms with Crippen LogP contribution in [0, 0.1) is 0 Å². The van der Waals surface area contributed by atoms with Gasteiger partial charge in [-0.3, -0.25) is 0 Å². The Hall–Kier alpha value is 2.09. The molecule has 0 spiro atoms. The van der Waals surface area contributed by atoms with Crippen LogP contribution < -0.4 is 2.81 Å². The van der Waals surface area contributed by atoms with Crippen LogP contribution >= 0.6 is 54.1 Å². The van der Waals surface area contributed by atoms with E-state index in [0.29, 0.717) is 0 Å². The average molecular weight is 565 g/mol. The molecule has 1 nitrogen and oxygen atoms in total. The van der Waals surface area contributed by atoms with Gasteiger partial charge in [-0.15, -0.1) is 0 Å². The third-order valence-electron chi connectivity index (χ3n) is 0.977. The summed E-state index contributed by atoms with van der Waals surface area (Å²) in [5, 5.41) is 0. The molecule has 0 fully saturated rings. The molecule has 0 aromatic heterocycles. The summed E-state index contributed by atoms with van der Waals surface area (Å²) in [6, 6.07) is 9.99. The van der Waals surface area contributed by atoms with E-state index in [0.717, 1.165) is 5.75 Å². The van der Waals surface area contributed by atoms with Crippen molar-refractivity contribution in [3.8, 4) is 5.75 Å². The first-order valence-corrected chi connectivity index (χ1v) is 25.8. The molecule has 1 aromatic rings. The minimum atomic E-state index is -2.15. The second-order valence-electron chi connectivity index (χ2n) is 1.86. The molecule has 0 N–H and O–H groups in total. The van der Waals surface area contributed by atoms with E-state index in [4.69, 9.17) is 2.81 Å². The summed E-state index contributed by atoms with van der Waals surface area (Å²) < 4.78 is 5.77. The van der Waals surface area contributed by atoms with Gasteiger partial charge in [0.1, 0.15) is 0 Å². The fourth-order valence-corrected chi connectivity index (χ4v) is 6.13. The van der Waals surface area contributed by atoms with Gasteiger partial charge in [-0.05, 0) is 0 Å². The van der Waals surface area contributed by atoms with Crippen molar-refractivity contribution in [2.45, 2.75) is 0 Å². The molecule has 0 aliphatic rings. The molecule has 60 valence electrons. The molecule has 0 atom stereocenters. The van der Waals surface area contributed by atoms with Gasteiger partial charge >= 0.3 is 101 Å². The van der Waals surface area contributed by atoms with Crippen LogP contribution in [0.3, 0.4) is 0 Å². The van der Waals surface area contributed by atoms with Crippen LogP contribution in [0.4, 0.5) is 0 Å². The predicted molar refractivity (Wildman–Crippen MR) is 69.1 cm³/mol. The summed E-state index contributed by atoms with van der Waals surface area (Å²) in [7, 11) is -2.15. The molecule has 0 heterocycles. The molecule has 1 rings (SSSR count). The summed E-state index contributed by atoms with van der Waals surface area (Å²) in [5.74, 6) is 1.00.